The number of hydrogen-bond acceptors (Lipinski definition) is 2. The molecular weight excluding hydrogens is 212 g/mol. The summed E-state index contributed by atoms with van der Waals surface area (Å²) in [7, 11) is 0. The van der Waals surface area contributed by atoms with Gasteiger partial charge >= 0.3 is 0 Å². The molecule has 96 valence electrons. The van der Waals surface area contributed by atoms with E-state index < -0.39 is 13.0 Å². The molecule has 0 bridgehead atoms. The molecule has 16 heavy (non-hydrogen) atoms. The van der Waals surface area contributed by atoms with E-state index in [1.807, 2.05) is 0 Å². The van der Waals surface area contributed by atoms with Crippen molar-refractivity contribution in [3.8, 4) is 0 Å². The van der Waals surface area contributed by atoms with Crippen LogP contribution in [0.25, 0.3) is 0 Å². The second kappa shape index (κ2) is 7.96. The van der Waals surface area contributed by atoms with Crippen molar-refractivity contribution in [2.24, 2.45) is 5.92 Å². The van der Waals surface area contributed by atoms with Gasteiger partial charge in [-0.2, -0.15) is 0 Å². The second-order valence-electron chi connectivity index (χ2n) is 4.53. The summed E-state index contributed by atoms with van der Waals surface area (Å²) in [6.07, 6.45) is 3.67. The molecule has 0 aromatic carbocycles. The number of halogens is 2. The van der Waals surface area contributed by atoms with Crippen LogP contribution < -0.4 is 5.32 Å². The van der Waals surface area contributed by atoms with Crippen LogP contribution in [0.3, 0.4) is 0 Å². The Kier molecular flexibility index (Phi) is 6.88. The van der Waals surface area contributed by atoms with Gasteiger partial charge in [0.2, 0.25) is 0 Å². The average Bonchev–Trinajstić information content (AvgIpc) is 3.04. The molecule has 0 aromatic heterocycles. The molecule has 1 aliphatic rings. The Hall–Kier alpha value is -0.220. The van der Waals surface area contributed by atoms with Crippen LogP contribution in [0.5, 0.6) is 0 Å². The van der Waals surface area contributed by atoms with Gasteiger partial charge in [0, 0.05) is 12.6 Å². The first-order valence-electron chi connectivity index (χ1n) is 6.31. The summed E-state index contributed by atoms with van der Waals surface area (Å²) in [5.74, 6) is 0.933. The van der Waals surface area contributed by atoms with Crippen LogP contribution in [0.4, 0.5) is 8.78 Å². The first-order valence-corrected chi connectivity index (χ1v) is 6.31. The summed E-state index contributed by atoms with van der Waals surface area (Å²) < 4.78 is 28.6. The van der Waals surface area contributed by atoms with E-state index in [0.717, 1.165) is 25.3 Å². The van der Waals surface area contributed by atoms with E-state index in [0.29, 0.717) is 12.6 Å². The van der Waals surface area contributed by atoms with Gasteiger partial charge in [0.1, 0.15) is 6.61 Å². The van der Waals surface area contributed by atoms with E-state index >= 15 is 0 Å². The van der Waals surface area contributed by atoms with Crippen LogP contribution in [0, 0.1) is 5.92 Å². The SMILES string of the molecule is CCNC(CCOCC(F)F)CCC1CC1. The maximum absolute atomic E-state index is 11.8. The first-order chi connectivity index (χ1) is 7.72. The van der Waals surface area contributed by atoms with Crippen molar-refractivity contribution in [1.29, 1.82) is 0 Å². The van der Waals surface area contributed by atoms with Gasteiger partial charge in [-0.1, -0.05) is 19.8 Å². The van der Waals surface area contributed by atoms with Crippen molar-refractivity contribution < 1.29 is 13.5 Å². The van der Waals surface area contributed by atoms with Gasteiger partial charge < -0.3 is 10.1 Å². The first kappa shape index (κ1) is 13.8. The van der Waals surface area contributed by atoms with Crippen LogP contribution in [0.1, 0.15) is 39.0 Å². The zero-order valence-electron chi connectivity index (χ0n) is 10.1. The van der Waals surface area contributed by atoms with E-state index in [1.54, 1.807) is 0 Å². The Morgan fingerprint density at radius 2 is 2.06 bits per heavy atom. The molecule has 1 aliphatic carbocycles. The lowest BCUT2D eigenvalue weighted by atomic mass is 10.1. The van der Waals surface area contributed by atoms with Crippen molar-refractivity contribution in [3.05, 3.63) is 0 Å². The van der Waals surface area contributed by atoms with Crippen molar-refractivity contribution >= 4 is 0 Å². The third-order valence-electron chi connectivity index (χ3n) is 2.97. The fraction of sp³-hybridized carbons (Fsp3) is 1.00. The lowest BCUT2D eigenvalue weighted by Gasteiger charge is -2.17. The van der Waals surface area contributed by atoms with Gasteiger partial charge in [-0.25, -0.2) is 8.78 Å². The molecule has 1 atom stereocenters. The highest BCUT2D eigenvalue weighted by Crippen LogP contribution is 2.34. The largest absolute Gasteiger partial charge is 0.375 e. The van der Waals surface area contributed by atoms with Crippen molar-refractivity contribution in [1.82, 2.24) is 5.32 Å². The molecule has 0 aromatic rings. The molecule has 4 heteroatoms. The summed E-state index contributed by atoms with van der Waals surface area (Å²) >= 11 is 0. The maximum Gasteiger partial charge on any atom is 0.261 e. The molecule has 1 saturated carbocycles. The minimum Gasteiger partial charge on any atom is -0.375 e. The minimum absolute atomic E-state index is 0.429. The van der Waals surface area contributed by atoms with Gasteiger partial charge in [0.05, 0.1) is 0 Å². The van der Waals surface area contributed by atoms with E-state index in [4.69, 9.17) is 4.74 Å². The zero-order chi connectivity index (χ0) is 11.8. The maximum atomic E-state index is 11.8. The van der Waals surface area contributed by atoms with Crippen LogP contribution in [-0.2, 0) is 4.74 Å². The molecular formula is C12H23F2NO. The number of hydrogen-bond donors (Lipinski definition) is 1. The van der Waals surface area contributed by atoms with Crippen LogP contribution >= 0.6 is 0 Å². The van der Waals surface area contributed by atoms with Gasteiger partial charge in [-0.15, -0.1) is 0 Å². The molecule has 0 spiro atoms. The van der Waals surface area contributed by atoms with Crippen LogP contribution in [0.2, 0.25) is 0 Å². The quantitative estimate of drug-likeness (QED) is 0.588. The van der Waals surface area contributed by atoms with Crippen LogP contribution in [0.15, 0.2) is 0 Å². The molecule has 0 saturated heterocycles. The van der Waals surface area contributed by atoms with Gasteiger partial charge in [-0.05, 0) is 31.7 Å². The smallest absolute Gasteiger partial charge is 0.261 e. The van der Waals surface area contributed by atoms with Gasteiger partial charge in [0.25, 0.3) is 6.43 Å². The summed E-state index contributed by atoms with van der Waals surface area (Å²) in [5, 5.41) is 3.39. The fourth-order valence-electron chi connectivity index (χ4n) is 1.88. The number of rotatable bonds is 10. The molecule has 0 aliphatic heterocycles. The number of nitrogens with one attached hydrogen (secondary N) is 1. The Morgan fingerprint density at radius 3 is 2.62 bits per heavy atom. The average molecular weight is 235 g/mol. The van der Waals surface area contributed by atoms with Crippen LogP contribution in [-0.4, -0.2) is 32.2 Å². The van der Waals surface area contributed by atoms with E-state index in [9.17, 15) is 8.78 Å². The topological polar surface area (TPSA) is 21.3 Å². The highest BCUT2D eigenvalue weighted by molar-refractivity contribution is 4.76. The fourth-order valence-corrected chi connectivity index (χ4v) is 1.88. The zero-order valence-corrected chi connectivity index (χ0v) is 10.1. The summed E-state index contributed by atoms with van der Waals surface area (Å²) in [6, 6.07) is 0.434. The highest BCUT2D eigenvalue weighted by Gasteiger charge is 2.22. The predicted octanol–water partition coefficient (Wildman–Crippen LogP) is 2.83. The van der Waals surface area contributed by atoms with E-state index in [1.165, 1.54) is 19.3 Å². The van der Waals surface area contributed by atoms with Gasteiger partial charge in [0.15, 0.2) is 0 Å². The number of alkyl halides is 2. The third-order valence-corrected chi connectivity index (χ3v) is 2.97. The second-order valence-corrected chi connectivity index (χ2v) is 4.53. The highest BCUT2D eigenvalue weighted by atomic mass is 19.3. The molecule has 0 amide bonds. The molecule has 1 rings (SSSR count). The Bertz CT molecular complexity index is 174. The van der Waals surface area contributed by atoms with E-state index in [-0.39, 0.29) is 0 Å². The lowest BCUT2D eigenvalue weighted by molar-refractivity contribution is 0.0142. The number of ether oxygens (including phenoxy) is 1. The lowest BCUT2D eigenvalue weighted by Crippen LogP contribution is -2.30. The Balaban J connectivity index is 2.01. The standard InChI is InChI=1S/C12H23F2NO/c1-2-15-11(6-5-10-3-4-10)7-8-16-9-12(13)14/h10-12,15H,2-9H2,1H3. The molecule has 1 unspecified atom stereocenters. The van der Waals surface area contributed by atoms with E-state index in [2.05, 4.69) is 12.2 Å². The van der Waals surface area contributed by atoms with Crippen molar-refractivity contribution in [2.45, 2.75) is 51.5 Å². The Morgan fingerprint density at radius 1 is 1.31 bits per heavy atom. The Labute approximate surface area is 96.7 Å². The third kappa shape index (κ3) is 7.12. The van der Waals surface area contributed by atoms with Crippen molar-refractivity contribution in [2.75, 3.05) is 19.8 Å². The monoisotopic (exact) mass is 235 g/mol. The van der Waals surface area contributed by atoms with Crippen molar-refractivity contribution in [3.63, 3.8) is 0 Å². The summed E-state index contributed by atoms with van der Waals surface area (Å²) in [6.45, 7) is 3.02. The molecule has 2 nitrogen and oxygen atoms in total. The predicted molar refractivity (Wildman–Crippen MR) is 60.9 cm³/mol. The molecule has 0 radical (unpaired) electrons. The normalized spacial score (nSPS) is 18.0. The molecule has 1 fully saturated rings. The molecule has 1 N–H and O–H groups in total. The minimum atomic E-state index is -2.34. The summed E-state index contributed by atoms with van der Waals surface area (Å²) in [4.78, 5) is 0. The summed E-state index contributed by atoms with van der Waals surface area (Å²) in [5.41, 5.74) is 0. The molecule has 0 heterocycles. The van der Waals surface area contributed by atoms with Gasteiger partial charge in [-0.3, -0.25) is 0 Å².